The van der Waals surface area contributed by atoms with Gasteiger partial charge in [0, 0.05) is 24.7 Å². The van der Waals surface area contributed by atoms with Gasteiger partial charge >= 0.3 is 0 Å². The van der Waals surface area contributed by atoms with Gasteiger partial charge in [0.1, 0.15) is 5.01 Å². The van der Waals surface area contributed by atoms with Crippen LogP contribution in [0.1, 0.15) is 22.4 Å². The Morgan fingerprint density at radius 1 is 1.44 bits per heavy atom. The molecule has 0 spiro atoms. The molecule has 0 aliphatic rings. The van der Waals surface area contributed by atoms with Crippen molar-refractivity contribution in [3.05, 3.63) is 27.8 Å². The van der Waals surface area contributed by atoms with Gasteiger partial charge in [-0.3, -0.25) is 0 Å². The molecule has 0 saturated heterocycles. The predicted molar refractivity (Wildman–Crippen MR) is 67.5 cm³/mol. The number of nitrogens with zero attached hydrogens (tertiary/aromatic N) is 3. The summed E-state index contributed by atoms with van der Waals surface area (Å²) in [6.07, 6.45) is 0.625. The van der Waals surface area contributed by atoms with Crippen molar-refractivity contribution >= 4 is 11.3 Å². The number of nitrogens with one attached hydrogen (secondary N) is 1. The van der Waals surface area contributed by atoms with Crippen molar-refractivity contribution in [3.8, 4) is 0 Å². The largest absolute Gasteiger partial charge is 0.383 e. The Morgan fingerprint density at radius 2 is 2.33 bits per heavy atom. The van der Waals surface area contributed by atoms with Crippen molar-refractivity contribution in [1.82, 2.24) is 20.4 Å². The second kappa shape index (κ2) is 6.58. The first-order valence-electron chi connectivity index (χ1n) is 5.70. The Labute approximate surface area is 109 Å². The predicted octanol–water partition coefficient (Wildman–Crippen LogP) is 1.16. The monoisotopic (exact) mass is 268 g/mol. The molecule has 2 aromatic heterocycles. The molecule has 18 heavy (non-hydrogen) atoms. The van der Waals surface area contributed by atoms with Crippen LogP contribution in [0.4, 0.5) is 0 Å². The molecule has 2 aromatic rings. The van der Waals surface area contributed by atoms with E-state index in [-0.39, 0.29) is 0 Å². The highest BCUT2D eigenvalue weighted by atomic mass is 32.1. The fourth-order valence-electron chi connectivity index (χ4n) is 1.42. The minimum Gasteiger partial charge on any atom is -0.383 e. The summed E-state index contributed by atoms with van der Waals surface area (Å²) in [7, 11) is 1.67. The van der Waals surface area contributed by atoms with E-state index in [1.807, 2.05) is 12.3 Å². The third-order valence-electron chi connectivity index (χ3n) is 2.25. The molecule has 6 nitrogen and oxygen atoms in total. The van der Waals surface area contributed by atoms with E-state index in [9.17, 15) is 0 Å². The molecule has 0 unspecified atom stereocenters. The number of hydrogen-bond acceptors (Lipinski definition) is 7. The van der Waals surface area contributed by atoms with E-state index >= 15 is 0 Å². The third-order valence-corrected chi connectivity index (χ3v) is 3.21. The summed E-state index contributed by atoms with van der Waals surface area (Å²) < 4.78 is 10.1. The first-order valence-corrected chi connectivity index (χ1v) is 6.58. The van der Waals surface area contributed by atoms with Crippen molar-refractivity contribution in [2.75, 3.05) is 20.3 Å². The second-order valence-electron chi connectivity index (χ2n) is 3.83. The quantitative estimate of drug-likeness (QED) is 0.760. The molecule has 1 N–H and O–H groups in total. The van der Waals surface area contributed by atoms with Gasteiger partial charge in [-0.15, -0.1) is 11.3 Å². The third kappa shape index (κ3) is 3.86. The summed E-state index contributed by atoms with van der Waals surface area (Å²) in [5, 5.41) is 10.1. The molecule has 0 radical (unpaired) electrons. The maximum absolute atomic E-state index is 5.14. The van der Waals surface area contributed by atoms with Crippen LogP contribution in [-0.4, -0.2) is 35.4 Å². The highest BCUT2D eigenvalue weighted by Crippen LogP contribution is 2.12. The lowest BCUT2D eigenvalue weighted by Gasteiger charge is -1.98. The Bertz CT molecular complexity index is 483. The maximum Gasteiger partial charge on any atom is 0.240 e. The van der Waals surface area contributed by atoms with Crippen LogP contribution in [0, 0.1) is 6.92 Å². The summed E-state index contributed by atoms with van der Waals surface area (Å²) in [6.45, 7) is 3.97. The van der Waals surface area contributed by atoms with Crippen molar-refractivity contribution in [3.63, 3.8) is 0 Å². The van der Waals surface area contributed by atoms with Gasteiger partial charge in [0.25, 0.3) is 0 Å². The van der Waals surface area contributed by atoms with Crippen LogP contribution in [0.25, 0.3) is 0 Å². The zero-order chi connectivity index (χ0) is 12.8. The molecule has 0 aromatic carbocycles. The van der Waals surface area contributed by atoms with Crippen molar-refractivity contribution in [2.45, 2.75) is 19.9 Å². The average Bonchev–Trinajstić information content (AvgIpc) is 2.95. The van der Waals surface area contributed by atoms with E-state index < -0.39 is 0 Å². The normalized spacial score (nSPS) is 11.0. The SMILES string of the molecule is COCCNCc1nc(Cc2nc(C)cs2)no1. The number of thiazole rings is 1. The number of hydrogen-bond donors (Lipinski definition) is 1. The Hall–Kier alpha value is -1.31. The van der Waals surface area contributed by atoms with Crippen LogP contribution in [-0.2, 0) is 17.7 Å². The Morgan fingerprint density at radius 3 is 3.06 bits per heavy atom. The van der Waals surface area contributed by atoms with Gasteiger partial charge in [-0.25, -0.2) is 4.98 Å². The minimum atomic E-state index is 0.563. The summed E-state index contributed by atoms with van der Waals surface area (Å²) >= 11 is 1.61. The number of rotatable bonds is 7. The summed E-state index contributed by atoms with van der Waals surface area (Å²) in [5.74, 6) is 1.27. The first-order chi connectivity index (χ1) is 8.78. The molecule has 98 valence electrons. The number of methoxy groups -OCH3 is 1. The lowest BCUT2D eigenvalue weighted by Crippen LogP contribution is -2.18. The zero-order valence-corrected chi connectivity index (χ0v) is 11.3. The van der Waals surface area contributed by atoms with Crippen molar-refractivity contribution in [2.24, 2.45) is 0 Å². The fourth-order valence-corrected chi connectivity index (χ4v) is 2.19. The van der Waals surface area contributed by atoms with E-state index in [1.54, 1.807) is 18.4 Å². The number of aromatic nitrogens is 3. The van der Waals surface area contributed by atoms with E-state index in [4.69, 9.17) is 9.26 Å². The van der Waals surface area contributed by atoms with Gasteiger partial charge in [0.15, 0.2) is 5.82 Å². The van der Waals surface area contributed by atoms with Crippen molar-refractivity contribution < 1.29 is 9.26 Å². The van der Waals surface area contributed by atoms with Gasteiger partial charge < -0.3 is 14.6 Å². The molecule has 0 saturated carbocycles. The minimum absolute atomic E-state index is 0.563. The lowest BCUT2D eigenvalue weighted by molar-refractivity contribution is 0.197. The van der Waals surface area contributed by atoms with Gasteiger partial charge in [-0.1, -0.05) is 5.16 Å². The van der Waals surface area contributed by atoms with E-state index in [1.165, 1.54) is 0 Å². The van der Waals surface area contributed by atoms with Gasteiger partial charge in [-0.05, 0) is 6.92 Å². The zero-order valence-electron chi connectivity index (χ0n) is 10.5. The molecule has 0 aliphatic carbocycles. The lowest BCUT2D eigenvalue weighted by atomic mass is 10.4. The van der Waals surface area contributed by atoms with E-state index in [2.05, 4.69) is 20.4 Å². The second-order valence-corrected chi connectivity index (χ2v) is 4.78. The molecule has 0 aliphatic heterocycles. The molecule has 2 rings (SSSR count). The van der Waals surface area contributed by atoms with Crippen LogP contribution in [0.2, 0.25) is 0 Å². The van der Waals surface area contributed by atoms with Crippen molar-refractivity contribution in [1.29, 1.82) is 0 Å². The number of ether oxygens (including phenoxy) is 1. The molecule has 0 bridgehead atoms. The maximum atomic E-state index is 5.14. The van der Waals surface area contributed by atoms with Gasteiger partial charge in [0.05, 0.1) is 19.6 Å². The molecule has 0 atom stereocenters. The average molecular weight is 268 g/mol. The summed E-state index contributed by atoms with van der Waals surface area (Å²) in [4.78, 5) is 8.66. The molecule has 0 fully saturated rings. The molecule has 7 heteroatoms. The topological polar surface area (TPSA) is 73.1 Å². The standard InChI is InChI=1S/C11H16N4O2S/c1-8-7-18-11(13-8)5-9-14-10(17-15-9)6-12-3-4-16-2/h7,12H,3-6H2,1-2H3. The summed E-state index contributed by atoms with van der Waals surface area (Å²) in [6, 6.07) is 0. The van der Waals surface area contributed by atoms with Crippen LogP contribution < -0.4 is 5.32 Å². The molecular formula is C11H16N4O2S. The van der Waals surface area contributed by atoms with Crippen LogP contribution in [0.3, 0.4) is 0 Å². The fraction of sp³-hybridized carbons (Fsp3) is 0.545. The smallest absolute Gasteiger partial charge is 0.240 e. The Kier molecular flexibility index (Phi) is 4.80. The van der Waals surface area contributed by atoms with Gasteiger partial charge in [0.2, 0.25) is 5.89 Å². The van der Waals surface area contributed by atoms with Crippen LogP contribution in [0.5, 0.6) is 0 Å². The van der Waals surface area contributed by atoms with Gasteiger partial charge in [-0.2, -0.15) is 4.98 Å². The Balaban J connectivity index is 1.82. The van der Waals surface area contributed by atoms with Crippen LogP contribution in [0.15, 0.2) is 9.90 Å². The highest BCUT2D eigenvalue weighted by Gasteiger charge is 2.08. The number of aryl methyl sites for hydroxylation is 1. The molecular weight excluding hydrogens is 252 g/mol. The first kappa shape index (κ1) is 13.1. The molecule has 0 amide bonds. The van der Waals surface area contributed by atoms with E-state index in [0.29, 0.717) is 31.3 Å². The van der Waals surface area contributed by atoms with Crippen LogP contribution >= 0.6 is 11.3 Å². The highest BCUT2D eigenvalue weighted by molar-refractivity contribution is 7.09. The summed E-state index contributed by atoms with van der Waals surface area (Å²) in [5.41, 5.74) is 1.03. The molecule has 2 heterocycles. The van der Waals surface area contributed by atoms with E-state index in [0.717, 1.165) is 17.2 Å².